The van der Waals surface area contributed by atoms with Crippen molar-refractivity contribution in [3.63, 3.8) is 0 Å². The lowest BCUT2D eigenvalue weighted by atomic mass is 9.68. The van der Waals surface area contributed by atoms with Crippen LogP contribution in [0, 0.1) is 11.8 Å². The van der Waals surface area contributed by atoms with E-state index in [1.54, 1.807) is 24.1 Å². The number of benzene rings is 2. The van der Waals surface area contributed by atoms with Gasteiger partial charge in [0.05, 0.1) is 37.9 Å². The number of hydrogen-bond donors (Lipinski definition) is 2. The van der Waals surface area contributed by atoms with E-state index in [0.717, 1.165) is 36.4 Å². The third kappa shape index (κ3) is 8.84. The van der Waals surface area contributed by atoms with Crippen LogP contribution in [0.3, 0.4) is 0 Å². The first-order valence-electron chi connectivity index (χ1n) is 19.9. The maximum Gasteiger partial charge on any atom is 0.303 e. The lowest BCUT2D eigenvalue weighted by Crippen LogP contribution is -2.56. The van der Waals surface area contributed by atoms with Crippen molar-refractivity contribution in [2.45, 2.75) is 74.4 Å². The molecular weight excluding hydrogens is 780 g/mol. The van der Waals surface area contributed by atoms with E-state index in [-0.39, 0.29) is 43.1 Å². The van der Waals surface area contributed by atoms with Crippen LogP contribution in [0.2, 0.25) is 5.02 Å². The van der Waals surface area contributed by atoms with E-state index in [1.807, 2.05) is 22.9 Å². The number of fused-ring (bicyclic) bond motifs is 4. The normalized spacial score (nSPS) is 29.1. The Kier molecular flexibility index (Phi) is 12.0. The molecule has 5 aliphatic rings. The van der Waals surface area contributed by atoms with Gasteiger partial charge in [0.2, 0.25) is 5.91 Å². The van der Waals surface area contributed by atoms with Crippen molar-refractivity contribution in [3.8, 4) is 5.75 Å². The second kappa shape index (κ2) is 16.4. The summed E-state index contributed by atoms with van der Waals surface area (Å²) in [4.78, 5) is 33.1. The van der Waals surface area contributed by atoms with E-state index >= 15 is 0 Å². The maximum atomic E-state index is 13.9. The third-order valence-corrected chi connectivity index (χ3v) is 14.2. The average molecular weight is 834 g/mol. The number of alkyl halides is 2. The molecule has 16 heteroatoms. The topological polar surface area (TPSA) is 132 Å². The lowest BCUT2D eigenvalue weighted by Gasteiger charge is -2.46. The second-order valence-corrected chi connectivity index (χ2v) is 19.2. The largest absolute Gasteiger partial charge is 0.490 e. The van der Waals surface area contributed by atoms with Crippen LogP contribution in [0.4, 0.5) is 14.5 Å². The first-order valence-corrected chi connectivity index (χ1v) is 21.7. The zero-order valence-electron chi connectivity index (χ0n) is 32.9. The van der Waals surface area contributed by atoms with Crippen LogP contribution in [-0.2, 0) is 42.0 Å². The van der Waals surface area contributed by atoms with E-state index in [2.05, 4.69) is 17.0 Å². The highest BCUT2D eigenvalue weighted by molar-refractivity contribution is 7.87. The molecule has 1 spiro atoms. The Morgan fingerprint density at radius 3 is 2.65 bits per heavy atom. The SMILES string of the molecule is CN1CCC=C[C@H](OCCCN2CC(F)(F)C2)[C@@H]2CC[C@H]2CN2C[C@@]3(CCCc4cc(Cl)ccc43)COc3ccc(cc32)[C@@](O)(C(=O)NS(=O)(=O)N(C)C)CC1=O. The fourth-order valence-electron chi connectivity index (χ4n) is 9.09. The quantitative estimate of drug-likeness (QED) is 0.292. The number of amides is 2. The second-order valence-electron chi connectivity index (χ2n) is 16.8. The van der Waals surface area contributed by atoms with Gasteiger partial charge in [0, 0.05) is 64.4 Å². The Hall–Kier alpha value is -3.34. The molecule has 7 rings (SSSR count). The van der Waals surface area contributed by atoms with Gasteiger partial charge in [-0.25, -0.2) is 13.5 Å². The van der Waals surface area contributed by atoms with Crippen molar-refractivity contribution in [1.82, 2.24) is 18.8 Å². The van der Waals surface area contributed by atoms with Crippen LogP contribution in [0.1, 0.15) is 61.6 Å². The summed E-state index contributed by atoms with van der Waals surface area (Å²) in [5.74, 6) is -3.51. The van der Waals surface area contributed by atoms with Crippen molar-refractivity contribution in [3.05, 3.63) is 70.3 Å². The zero-order chi connectivity index (χ0) is 40.8. The number of ether oxygens (including phenoxy) is 2. The molecule has 5 atom stereocenters. The van der Waals surface area contributed by atoms with Crippen molar-refractivity contribution >= 4 is 39.3 Å². The number of carbonyl (C=O) groups excluding carboxylic acids is 2. The van der Waals surface area contributed by atoms with Gasteiger partial charge in [0.25, 0.3) is 11.8 Å². The van der Waals surface area contributed by atoms with Crippen molar-refractivity contribution < 1.29 is 41.4 Å². The van der Waals surface area contributed by atoms with Crippen molar-refractivity contribution in [2.75, 3.05) is 78.5 Å². The van der Waals surface area contributed by atoms with Crippen molar-refractivity contribution in [2.24, 2.45) is 11.8 Å². The first kappa shape index (κ1) is 41.8. The summed E-state index contributed by atoms with van der Waals surface area (Å²) in [5.41, 5.74) is 0.0809. The molecule has 1 saturated heterocycles. The number of aryl methyl sites for hydroxylation is 1. The number of anilines is 1. The van der Waals surface area contributed by atoms with Gasteiger partial charge < -0.3 is 24.4 Å². The van der Waals surface area contributed by atoms with E-state index in [0.29, 0.717) is 62.1 Å². The van der Waals surface area contributed by atoms with Crippen LogP contribution in [0.5, 0.6) is 5.75 Å². The molecule has 2 aromatic carbocycles. The Labute approximate surface area is 339 Å². The molecule has 12 nitrogen and oxygen atoms in total. The molecule has 57 heavy (non-hydrogen) atoms. The molecule has 2 fully saturated rings. The summed E-state index contributed by atoms with van der Waals surface area (Å²) < 4.78 is 68.6. The highest BCUT2D eigenvalue weighted by Crippen LogP contribution is 2.48. The average Bonchev–Trinajstić information content (AvgIpc) is 3.28. The molecule has 2 bridgehead atoms. The van der Waals surface area contributed by atoms with E-state index in [4.69, 9.17) is 21.1 Å². The summed E-state index contributed by atoms with van der Waals surface area (Å²) >= 11 is 6.47. The fraction of sp³-hybridized carbons (Fsp3) is 0.610. The van der Waals surface area contributed by atoms with E-state index < -0.39 is 45.4 Å². The lowest BCUT2D eigenvalue weighted by molar-refractivity contribution is -0.148. The molecule has 2 amide bonds. The highest BCUT2D eigenvalue weighted by Gasteiger charge is 2.47. The summed E-state index contributed by atoms with van der Waals surface area (Å²) in [6.45, 7) is 2.35. The number of rotatable bonds is 8. The molecular formula is C41H54ClF2N5O7S. The fourth-order valence-corrected chi connectivity index (χ4v) is 9.87. The van der Waals surface area contributed by atoms with Gasteiger partial charge in [0.15, 0.2) is 5.60 Å². The zero-order valence-corrected chi connectivity index (χ0v) is 34.5. The summed E-state index contributed by atoms with van der Waals surface area (Å²) in [6, 6.07) is 10.9. The number of nitrogens with one attached hydrogen (secondary N) is 1. The Morgan fingerprint density at radius 1 is 1.14 bits per heavy atom. The predicted octanol–water partition coefficient (Wildman–Crippen LogP) is 4.48. The van der Waals surface area contributed by atoms with Gasteiger partial charge in [0.1, 0.15) is 5.75 Å². The minimum atomic E-state index is -4.32. The Morgan fingerprint density at radius 2 is 1.93 bits per heavy atom. The number of nitrogens with zero attached hydrogens (tertiary/aromatic N) is 4. The molecule has 3 aliphatic heterocycles. The first-order chi connectivity index (χ1) is 27.0. The van der Waals surface area contributed by atoms with Gasteiger partial charge >= 0.3 is 10.2 Å². The van der Waals surface area contributed by atoms with Gasteiger partial charge in [-0.05, 0) is 97.7 Å². The third-order valence-electron chi connectivity index (χ3n) is 12.6. The van der Waals surface area contributed by atoms with Crippen LogP contribution in [-0.4, -0.2) is 125 Å². The summed E-state index contributed by atoms with van der Waals surface area (Å²) in [6.07, 6.45) is 8.77. The molecule has 0 aromatic heterocycles. The standard InChI is InChI=1S/C41H54ClF2N5O7S/c1-46(2)57(53,54)45-38(51)41(52)22-37(50)47(3)17-5-4-9-35(55-19-7-18-48-25-40(43,44)26-48)32-13-10-29(32)23-49-24-39(27-56-36-15-11-30(41)21-34(36)49)16-6-8-28-20-31(42)12-14-33(28)39/h4,9,11-12,14-15,20-21,29,32,35,52H,5-8,10,13,16-19,22-27H2,1-3H3,(H,45,51)/t29-,32+,35-,39-,41+/m0/s1. The van der Waals surface area contributed by atoms with Crippen LogP contribution in [0.15, 0.2) is 48.6 Å². The van der Waals surface area contributed by atoms with Gasteiger partial charge in [-0.1, -0.05) is 35.9 Å². The summed E-state index contributed by atoms with van der Waals surface area (Å²) in [7, 11) is -0.229. The Balaban J connectivity index is 1.25. The van der Waals surface area contributed by atoms with Crippen LogP contribution < -0.4 is 14.4 Å². The molecule has 3 heterocycles. The number of carbonyl (C=O) groups is 2. The molecule has 2 aliphatic carbocycles. The van der Waals surface area contributed by atoms with Crippen LogP contribution >= 0.6 is 11.6 Å². The monoisotopic (exact) mass is 833 g/mol. The van der Waals surface area contributed by atoms with E-state index in [9.17, 15) is 31.9 Å². The molecule has 0 radical (unpaired) electrons. The smallest absolute Gasteiger partial charge is 0.303 e. The minimum Gasteiger partial charge on any atom is -0.490 e. The number of hydrogen-bond acceptors (Lipinski definition) is 9. The summed E-state index contributed by atoms with van der Waals surface area (Å²) in [5, 5.41) is 13.0. The molecule has 2 N–H and O–H groups in total. The van der Waals surface area contributed by atoms with Gasteiger partial charge in [-0.2, -0.15) is 12.7 Å². The minimum absolute atomic E-state index is 0.0631. The Bertz CT molecular complexity index is 1980. The van der Waals surface area contributed by atoms with Gasteiger partial charge in [-0.15, -0.1) is 0 Å². The molecule has 0 unspecified atom stereocenters. The molecule has 1 saturated carbocycles. The van der Waals surface area contributed by atoms with E-state index in [1.165, 1.54) is 36.2 Å². The number of halogens is 3. The van der Waals surface area contributed by atoms with Crippen molar-refractivity contribution in [1.29, 1.82) is 0 Å². The highest BCUT2D eigenvalue weighted by atomic mass is 35.5. The predicted molar refractivity (Wildman–Crippen MR) is 213 cm³/mol. The molecule has 312 valence electrons. The molecule has 2 aromatic rings. The van der Waals surface area contributed by atoms with Gasteiger partial charge in [-0.3, -0.25) is 14.5 Å². The maximum absolute atomic E-state index is 13.9. The number of likely N-dealkylation sites (tertiary alicyclic amines) is 1. The van der Waals surface area contributed by atoms with Crippen LogP contribution in [0.25, 0.3) is 0 Å². The number of aliphatic hydroxyl groups is 1.